The molecular weight excluding hydrogens is 57.0 g/mol. The molecule has 5 heavy (non-hydrogen) atoms. The van der Waals surface area contributed by atoms with Gasteiger partial charge < -0.3 is 5.73 Å². The van der Waals surface area contributed by atoms with E-state index in [0.717, 1.165) is 12.8 Å². The van der Waals surface area contributed by atoms with Crippen molar-refractivity contribution in [3.05, 3.63) is 5.73 Å². The van der Waals surface area contributed by atoms with Gasteiger partial charge in [-0.3, -0.25) is 0 Å². The molecular formula is C3H6LiN. The summed E-state index contributed by atoms with van der Waals surface area (Å²) in [5.74, 6) is 0. The van der Waals surface area contributed by atoms with E-state index in [1.165, 1.54) is 0 Å². The van der Waals surface area contributed by atoms with Gasteiger partial charge in [0.15, 0.2) is 0 Å². The van der Waals surface area contributed by atoms with Crippen LogP contribution in [0.5, 0.6) is 0 Å². The molecule has 1 rings (SSSR count). The molecule has 0 radical (unpaired) electrons. The minimum atomic E-state index is 0. The van der Waals surface area contributed by atoms with Gasteiger partial charge in [0.2, 0.25) is 0 Å². The molecule has 0 heterocycles. The van der Waals surface area contributed by atoms with Crippen molar-refractivity contribution in [1.82, 2.24) is 0 Å². The summed E-state index contributed by atoms with van der Waals surface area (Å²) >= 11 is 0. The van der Waals surface area contributed by atoms with E-state index in [1.54, 1.807) is 0 Å². The summed E-state index contributed by atoms with van der Waals surface area (Å²) in [4.78, 5) is 0. The third-order valence-electron chi connectivity index (χ3n) is 0.577. The first kappa shape index (κ1) is 5.56. The van der Waals surface area contributed by atoms with Crippen LogP contribution in [0.4, 0.5) is 0 Å². The third kappa shape index (κ3) is 2.36. The summed E-state index contributed by atoms with van der Waals surface area (Å²) in [6, 6.07) is 0.333. The van der Waals surface area contributed by atoms with Crippen LogP contribution in [0.15, 0.2) is 0 Å². The Morgan fingerprint density at radius 2 is 1.60 bits per heavy atom. The molecule has 0 amide bonds. The molecule has 0 aliphatic heterocycles. The maximum Gasteiger partial charge on any atom is 1.00 e. The fourth-order valence-electron chi connectivity index (χ4n) is 0.0833. The number of nitrogens with one attached hydrogen (secondary N) is 1. The van der Waals surface area contributed by atoms with E-state index in [1.807, 2.05) is 0 Å². The molecule has 0 aromatic carbocycles. The van der Waals surface area contributed by atoms with E-state index in [-0.39, 0.29) is 18.9 Å². The molecule has 1 fully saturated rings. The third-order valence-corrected chi connectivity index (χ3v) is 0.577. The van der Waals surface area contributed by atoms with Crippen molar-refractivity contribution in [3.8, 4) is 0 Å². The smallest absolute Gasteiger partial charge is 0.675 e. The number of hydrogen-bond donors (Lipinski definition) is 0. The maximum atomic E-state index is 6.69. The van der Waals surface area contributed by atoms with E-state index >= 15 is 0 Å². The Bertz CT molecular complexity index is 26.1. The van der Waals surface area contributed by atoms with Crippen LogP contribution in [0.3, 0.4) is 0 Å². The first-order valence-corrected chi connectivity index (χ1v) is 1.61. The Balaban J connectivity index is 0.000000160. The van der Waals surface area contributed by atoms with Crippen LogP contribution >= 0.6 is 0 Å². The van der Waals surface area contributed by atoms with Gasteiger partial charge >= 0.3 is 18.9 Å². The predicted octanol–water partition coefficient (Wildman–Crippen LogP) is -1.79. The van der Waals surface area contributed by atoms with Gasteiger partial charge in [-0.05, 0) is 0 Å². The molecule has 1 aliphatic rings. The van der Waals surface area contributed by atoms with Gasteiger partial charge in [0, 0.05) is 0 Å². The van der Waals surface area contributed by atoms with E-state index < -0.39 is 0 Å². The molecule has 0 saturated heterocycles. The molecule has 0 bridgehead atoms. The Hall–Kier alpha value is 0.557. The Morgan fingerprint density at radius 3 is 1.60 bits per heavy atom. The zero-order chi connectivity index (χ0) is 2.99. The van der Waals surface area contributed by atoms with Crippen molar-refractivity contribution < 1.29 is 18.9 Å². The molecule has 1 saturated carbocycles. The first-order valence-electron chi connectivity index (χ1n) is 1.61. The van der Waals surface area contributed by atoms with Crippen molar-refractivity contribution in [2.45, 2.75) is 18.9 Å². The van der Waals surface area contributed by atoms with Crippen molar-refractivity contribution in [2.75, 3.05) is 0 Å². The Labute approximate surface area is 44.1 Å². The zero-order valence-corrected chi connectivity index (χ0v) is 3.49. The fraction of sp³-hybridized carbons (Fsp3) is 1.00. The summed E-state index contributed by atoms with van der Waals surface area (Å²) in [7, 11) is 0. The van der Waals surface area contributed by atoms with Gasteiger partial charge in [0.05, 0.1) is 0 Å². The average molecular weight is 63.0 g/mol. The van der Waals surface area contributed by atoms with Crippen LogP contribution in [-0.2, 0) is 0 Å². The average Bonchev–Trinajstić information content (AvgIpc) is 1.75. The van der Waals surface area contributed by atoms with Gasteiger partial charge in [-0.1, -0.05) is 12.8 Å². The topological polar surface area (TPSA) is 23.8 Å². The second kappa shape index (κ2) is 1.87. The van der Waals surface area contributed by atoms with Crippen molar-refractivity contribution >= 4 is 0 Å². The number of hydrogen-bond acceptors (Lipinski definition) is 0. The molecule has 0 aromatic rings. The molecule has 24 valence electrons. The second-order valence-electron chi connectivity index (χ2n) is 1.27. The monoisotopic (exact) mass is 63.1 g/mol. The number of rotatable bonds is 0. The quantitative estimate of drug-likeness (QED) is 0.296. The predicted molar refractivity (Wildman–Crippen MR) is 17.3 cm³/mol. The normalized spacial score (nSPS) is 21.0. The fourth-order valence-corrected chi connectivity index (χ4v) is 0.0833. The van der Waals surface area contributed by atoms with Gasteiger partial charge in [0.1, 0.15) is 0 Å². The van der Waals surface area contributed by atoms with Gasteiger partial charge in [-0.25, -0.2) is 0 Å². The van der Waals surface area contributed by atoms with E-state index in [2.05, 4.69) is 0 Å². The molecule has 1 N–H and O–H groups in total. The van der Waals surface area contributed by atoms with E-state index in [0.29, 0.717) is 6.04 Å². The largest absolute Gasteiger partial charge is 1.00 e. The van der Waals surface area contributed by atoms with Crippen molar-refractivity contribution in [3.63, 3.8) is 0 Å². The zero-order valence-electron chi connectivity index (χ0n) is 3.49. The maximum absolute atomic E-state index is 6.69. The van der Waals surface area contributed by atoms with Crippen molar-refractivity contribution in [2.24, 2.45) is 0 Å². The van der Waals surface area contributed by atoms with Crippen LogP contribution in [-0.4, -0.2) is 6.04 Å². The molecule has 2 heteroatoms. The van der Waals surface area contributed by atoms with Crippen LogP contribution in [0.25, 0.3) is 5.73 Å². The molecule has 1 nitrogen and oxygen atoms in total. The van der Waals surface area contributed by atoms with Gasteiger partial charge in [0.25, 0.3) is 0 Å². The minimum absolute atomic E-state index is 0. The van der Waals surface area contributed by atoms with Crippen LogP contribution in [0, 0.1) is 0 Å². The van der Waals surface area contributed by atoms with Crippen molar-refractivity contribution in [1.29, 1.82) is 0 Å². The molecule has 0 aromatic heterocycles. The molecule has 0 unspecified atom stereocenters. The molecule has 1 aliphatic carbocycles. The van der Waals surface area contributed by atoms with E-state index in [4.69, 9.17) is 5.73 Å². The summed E-state index contributed by atoms with van der Waals surface area (Å²) in [5, 5.41) is 0. The first-order chi connectivity index (χ1) is 1.89. The summed E-state index contributed by atoms with van der Waals surface area (Å²) in [6.07, 6.45) is 2.31. The summed E-state index contributed by atoms with van der Waals surface area (Å²) < 4.78 is 0. The van der Waals surface area contributed by atoms with Crippen LogP contribution in [0.1, 0.15) is 12.8 Å². The van der Waals surface area contributed by atoms with E-state index in [9.17, 15) is 0 Å². The SMILES string of the molecule is [Li+].[NH-]C1CC1. The Morgan fingerprint density at radius 1 is 1.40 bits per heavy atom. The second-order valence-corrected chi connectivity index (χ2v) is 1.27. The minimum Gasteiger partial charge on any atom is -0.675 e. The molecule has 0 spiro atoms. The standard InChI is InChI=1S/C3H6N.Li/c4-3-1-2-3;/h3-4H,1-2H2;/q-1;+1. The van der Waals surface area contributed by atoms with Crippen LogP contribution in [0.2, 0.25) is 0 Å². The summed E-state index contributed by atoms with van der Waals surface area (Å²) in [5.41, 5.74) is 6.69. The molecule has 0 atom stereocenters. The van der Waals surface area contributed by atoms with Crippen LogP contribution < -0.4 is 18.9 Å². The summed E-state index contributed by atoms with van der Waals surface area (Å²) in [6.45, 7) is 0. The van der Waals surface area contributed by atoms with Gasteiger partial charge in [-0.2, -0.15) is 0 Å². The Kier molecular flexibility index (Phi) is 2.08. The van der Waals surface area contributed by atoms with Gasteiger partial charge in [-0.15, -0.1) is 6.04 Å².